The third-order valence-corrected chi connectivity index (χ3v) is 22.8. The summed E-state index contributed by atoms with van der Waals surface area (Å²) in [5.74, 6) is -2.43. The quantitative estimate of drug-likeness (QED) is 0.0128. The summed E-state index contributed by atoms with van der Waals surface area (Å²) in [6.07, 6.45) is 7.25. The van der Waals surface area contributed by atoms with Gasteiger partial charge in [-0.25, -0.2) is 28.7 Å². The van der Waals surface area contributed by atoms with Gasteiger partial charge in [-0.05, 0) is 193 Å². The number of hydrogen-bond acceptors (Lipinski definition) is 16. The number of hydrogen-bond donors (Lipinski definition) is 7. The molecule has 0 radical (unpaired) electrons. The van der Waals surface area contributed by atoms with Crippen LogP contribution in [0.4, 0.5) is 32.1 Å². The Labute approximate surface area is 789 Å². The van der Waals surface area contributed by atoms with E-state index in [4.69, 9.17) is 132 Å². The number of carbonyl (C=O) groups is 8. The van der Waals surface area contributed by atoms with E-state index in [2.05, 4.69) is 46.2 Å². The van der Waals surface area contributed by atoms with E-state index in [1.165, 1.54) is 73.3 Å². The number of nitrogens with one attached hydrogen (secondary N) is 7. The fraction of sp³-hybridized carbons (Fsp3) is 0.149. The fourth-order valence-corrected chi connectivity index (χ4v) is 14.6. The van der Waals surface area contributed by atoms with Crippen LogP contribution in [0.5, 0.6) is 0 Å². The van der Waals surface area contributed by atoms with E-state index >= 15 is 0 Å². The summed E-state index contributed by atoms with van der Waals surface area (Å²) < 4.78 is 29.3. The highest BCUT2D eigenvalue weighted by molar-refractivity contribution is 6.36. The monoisotopic (exact) mass is 1930 g/mol. The second-order valence-corrected chi connectivity index (χ2v) is 33.5. The zero-order chi connectivity index (χ0) is 92.4. The van der Waals surface area contributed by atoms with Crippen LogP contribution in [-0.4, -0.2) is 151 Å². The van der Waals surface area contributed by atoms with E-state index in [-0.39, 0.29) is 92.3 Å². The Hall–Kier alpha value is -12.2. The summed E-state index contributed by atoms with van der Waals surface area (Å²) >= 11 is 60.4. The van der Waals surface area contributed by atoms with E-state index in [1.807, 2.05) is 14.7 Å². The van der Waals surface area contributed by atoms with Crippen molar-refractivity contribution in [1.82, 2.24) is 34.6 Å². The maximum absolute atomic E-state index is 14.7. The van der Waals surface area contributed by atoms with Gasteiger partial charge in [-0.3, -0.25) is 59.6 Å². The number of amidine groups is 3. The van der Waals surface area contributed by atoms with Crippen molar-refractivity contribution < 1.29 is 47.1 Å². The molecule has 3 fully saturated rings. The standard InChI is InChI=1S/C24H19Cl3N4O2.C24H19Cl2FN4O2.C23H17Cl3N4O2.C23H18Cl2FN3O2/c2*25-16-4-2-14(19(12-16)24(33)30-22-7-5-17(26)13-29-22)11-21(32)18-6-3-15(10-20(18)27)23(28)31-8-1-9-31;24-15-3-1-13(18(11-15)23(32)29-21-6-4-16(25)12-28-21)10-20(31)17-5-2-14(9-19(17)26)22(27)30-7-8-30;1-13(27-2)14-4-7-18(20(26)9-14)21(30)10-15-3-5-16(24)11-19(15)23(31)29-22-8-6-17(25)12-28-22/h2*2-7,10,12-13,28H,1,8-9,11H2,(H,29,30,33);1-6,9,11-12,27H,7-8,10H2,(H,28,29,32);3-9,11-12H,10H2,1-2H3,(H,28,29,31). The predicted molar refractivity (Wildman–Crippen MR) is 505 cm³/mol. The number of rotatable bonds is 24. The first-order chi connectivity index (χ1) is 61.7. The molecule has 0 saturated carbocycles. The molecule has 4 aromatic heterocycles. The lowest BCUT2D eigenvalue weighted by Gasteiger charge is -2.33. The van der Waals surface area contributed by atoms with Gasteiger partial charge in [0.15, 0.2) is 23.1 Å². The van der Waals surface area contributed by atoms with Gasteiger partial charge < -0.3 is 36.0 Å². The third-order valence-electron chi connectivity index (χ3n) is 20.3. The Morgan fingerprint density at radius 3 is 0.806 bits per heavy atom. The molecule has 0 spiro atoms. The molecule has 0 unspecified atom stereocenters. The lowest BCUT2D eigenvalue weighted by atomic mass is 9.97. The van der Waals surface area contributed by atoms with E-state index in [0.29, 0.717) is 131 Å². The van der Waals surface area contributed by atoms with E-state index in [1.54, 1.807) is 160 Å². The highest BCUT2D eigenvalue weighted by Gasteiger charge is 2.29. The van der Waals surface area contributed by atoms with Crippen LogP contribution >= 0.6 is 116 Å². The number of ketones is 4. The molecule has 4 amide bonds. The Morgan fingerprint density at radius 2 is 0.566 bits per heavy atom. The van der Waals surface area contributed by atoms with E-state index in [0.717, 1.165) is 52.1 Å². The van der Waals surface area contributed by atoms with Gasteiger partial charge in [0, 0.05) is 173 Å². The van der Waals surface area contributed by atoms with Crippen LogP contribution in [0, 0.1) is 27.9 Å². The SMILES string of the molecule is CN=C(C)c1ccc(C(=O)Cc2ccc(Cl)cc2C(=O)Nc2ccc(Cl)cn2)c(F)c1.N=C(c1ccc(C(=O)Cc2ccc(Cl)cc2C(=O)Nc2ccc(Cl)cn2)c(Cl)c1)N1CC1.N=C(c1ccc(C(=O)Cc2ccc(Cl)cc2C(=O)Nc2ccc(Cl)cn2)c(Cl)c1)N1CCC1.N=C(c1ccc(C(=O)Cc2ccc(Cl)cc2C(=O)Nc2ccc(Cl)cn2)c(F)c1)N1CCC1. The molecule has 0 bridgehead atoms. The van der Waals surface area contributed by atoms with Gasteiger partial charge in [-0.2, -0.15) is 0 Å². The molecule has 0 aliphatic carbocycles. The number of amides is 4. The molecule has 7 N–H and O–H groups in total. The second kappa shape index (κ2) is 44.2. The first-order valence-corrected chi connectivity index (χ1v) is 43.1. The van der Waals surface area contributed by atoms with E-state index < -0.39 is 46.8 Å². The molecule has 23 nitrogen and oxygen atoms in total. The summed E-state index contributed by atoms with van der Waals surface area (Å²) in [5.41, 5.74) is 6.22. The van der Waals surface area contributed by atoms with Crippen molar-refractivity contribution in [3.8, 4) is 0 Å². The Kier molecular flexibility index (Phi) is 32.8. The summed E-state index contributed by atoms with van der Waals surface area (Å²) in [7, 11) is 1.61. The number of anilines is 4. The molecule has 7 heterocycles. The van der Waals surface area contributed by atoms with Crippen molar-refractivity contribution in [2.45, 2.75) is 45.4 Å². The van der Waals surface area contributed by atoms with Crippen molar-refractivity contribution in [3.05, 3.63) is 370 Å². The lowest BCUT2D eigenvalue weighted by molar-refractivity contribution is 0.0976. The van der Waals surface area contributed by atoms with Crippen LogP contribution in [-0.2, 0) is 25.7 Å². The van der Waals surface area contributed by atoms with Crippen LogP contribution in [0.2, 0.25) is 50.2 Å². The Morgan fingerprint density at radius 1 is 0.318 bits per heavy atom. The van der Waals surface area contributed by atoms with Crippen molar-refractivity contribution in [1.29, 1.82) is 16.2 Å². The maximum Gasteiger partial charge on any atom is 0.257 e. The van der Waals surface area contributed by atoms with Gasteiger partial charge in [-0.1, -0.05) is 165 Å². The number of benzene rings is 8. The normalized spacial score (nSPS) is 12.3. The van der Waals surface area contributed by atoms with Gasteiger partial charge in [0.25, 0.3) is 23.6 Å². The number of aliphatic imine (C=N–C) groups is 1. The van der Waals surface area contributed by atoms with Gasteiger partial charge in [0.05, 0.1) is 41.3 Å². The lowest BCUT2D eigenvalue weighted by Crippen LogP contribution is -2.42. The molecule has 129 heavy (non-hydrogen) atoms. The number of aromatic nitrogens is 4. The predicted octanol–water partition coefficient (Wildman–Crippen LogP) is 22.0. The molecule has 12 aromatic rings. The highest BCUT2D eigenvalue weighted by atomic mass is 35.5. The minimum atomic E-state index is -0.701. The molecule has 35 heteroatoms. The van der Waals surface area contributed by atoms with Crippen molar-refractivity contribution in [2.24, 2.45) is 4.99 Å². The van der Waals surface area contributed by atoms with Crippen LogP contribution < -0.4 is 21.3 Å². The zero-order valence-electron chi connectivity index (χ0n) is 68.1. The van der Waals surface area contributed by atoms with Gasteiger partial charge in [-0.15, -0.1) is 0 Å². The third kappa shape index (κ3) is 25.8. The Balaban J connectivity index is 0.000000156. The van der Waals surface area contributed by atoms with Crippen LogP contribution in [0.1, 0.15) is 147 Å². The number of halogens is 12. The molecule has 656 valence electrons. The maximum atomic E-state index is 14.7. The molecular weight excluding hydrogens is 1860 g/mol. The van der Waals surface area contributed by atoms with Crippen LogP contribution in [0.3, 0.4) is 0 Å². The largest absolute Gasteiger partial charge is 0.356 e. The Bertz CT molecular complexity index is 6230. The number of Topliss-reactive ketones (excluding diaryl/α,β-unsaturated/α-hetero) is 4. The van der Waals surface area contributed by atoms with Gasteiger partial charge in [0.2, 0.25) is 0 Å². The number of pyridine rings is 4. The summed E-state index contributed by atoms with van der Waals surface area (Å²) in [6, 6.07) is 49.8. The van der Waals surface area contributed by atoms with Gasteiger partial charge in [0.1, 0.15) is 52.4 Å². The number of likely N-dealkylation sites (tertiary alicyclic amines) is 2. The molecule has 15 rings (SSSR count). The van der Waals surface area contributed by atoms with Crippen molar-refractivity contribution in [3.63, 3.8) is 0 Å². The molecule has 3 aliphatic heterocycles. The average Bonchev–Trinajstić information content (AvgIpc) is 1.30. The minimum absolute atomic E-state index is 0.0450. The molecule has 0 atom stereocenters. The first-order valence-electron chi connectivity index (χ1n) is 39.3. The average molecular weight is 1930 g/mol. The zero-order valence-corrected chi connectivity index (χ0v) is 75.7. The highest BCUT2D eigenvalue weighted by Crippen LogP contribution is 2.31. The first kappa shape index (κ1) is 95.9. The molecular formula is C94H73Cl10F2N15O8. The molecule has 8 aromatic carbocycles. The fourth-order valence-electron chi connectivity index (χ4n) is 12.9. The van der Waals surface area contributed by atoms with Crippen LogP contribution in [0.25, 0.3) is 0 Å². The number of carbonyl (C=O) groups excluding carboxylic acids is 8. The second-order valence-electron chi connectivity index (χ2n) is 29.2. The summed E-state index contributed by atoms with van der Waals surface area (Å²) in [4.78, 5) is 129. The van der Waals surface area contributed by atoms with E-state index in [9.17, 15) is 47.1 Å². The van der Waals surface area contributed by atoms with Crippen LogP contribution in [0.15, 0.2) is 224 Å². The van der Waals surface area contributed by atoms with Gasteiger partial charge >= 0.3 is 0 Å². The summed E-state index contributed by atoms with van der Waals surface area (Å²) in [6.45, 7) is 6.70. The van der Waals surface area contributed by atoms with Crippen molar-refractivity contribution >= 4 is 209 Å². The van der Waals surface area contributed by atoms with Crippen molar-refractivity contribution in [2.75, 3.05) is 67.6 Å². The summed E-state index contributed by atoms with van der Waals surface area (Å²) in [5, 5.41) is 38.8. The molecule has 3 aliphatic rings. The minimum Gasteiger partial charge on any atom is -0.356 e. The number of nitrogens with zero attached hydrogens (tertiary/aromatic N) is 8. The molecule has 3 saturated heterocycles. The topological polar surface area (TPSA) is 330 Å². The smallest absolute Gasteiger partial charge is 0.257 e.